The summed E-state index contributed by atoms with van der Waals surface area (Å²) in [5, 5.41) is 5.91. The molecule has 1 aromatic carbocycles. The van der Waals surface area contributed by atoms with E-state index in [0.29, 0.717) is 25.3 Å². The zero-order valence-electron chi connectivity index (χ0n) is 15.1. The molecule has 0 aromatic heterocycles. The lowest BCUT2D eigenvalue weighted by Gasteiger charge is -2.21. The molecule has 6 heteroatoms. The van der Waals surface area contributed by atoms with Crippen molar-refractivity contribution in [2.45, 2.75) is 43.0 Å². The lowest BCUT2D eigenvalue weighted by atomic mass is 9.88. The predicted octanol–water partition coefficient (Wildman–Crippen LogP) is 1.75. The van der Waals surface area contributed by atoms with Gasteiger partial charge in [0.1, 0.15) is 12.1 Å². The van der Waals surface area contributed by atoms with Crippen LogP contribution in [0.15, 0.2) is 29.8 Å². The first-order valence-corrected chi connectivity index (χ1v) is 10.6. The molecule has 0 spiro atoms. The summed E-state index contributed by atoms with van der Waals surface area (Å²) < 4.78 is 0. The fourth-order valence-corrected chi connectivity index (χ4v) is 5.50. The molecule has 2 saturated heterocycles. The van der Waals surface area contributed by atoms with Crippen LogP contribution in [-0.2, 0) is 20.8 Å². The van der Waals surface area contributed by atoms with Crippen LogP contribution < -0.4 is 10.6 Å². The highest BCUT2D eigenvalue weighted by Crippen LogP contribution is 2.31. The summed E-state index contributed by atoms with van der Waals surface area (Å²) in [6.07, 6.45) is 5.78. The van der Waals surface area contributed by atoms with Crippen LogP contribution >= 0.6 is 11.8 Å². The second kappa shape index (κ2) is 8.09. The molecule has 3 aliphatic rings. The van der Waals surface area contributed by atoms with Crippen LogP contribution in [0.5, 0.6) is 0 Å². The van der Waals surface area contributed by atoms with Crippen molar-refractivity contribution in [2.75, 3.05) is 12.4 Å². The maximum atomic E-state index is 12.9. The number of Topliss-reactive ketones (excluding diaryl/α,β-unsaturated/α-hetero) is 2. The number of ketones is 2. The number of allylic oxidation sites excluding steroid dienone is 1. The molecule has 1 aromatic rings. The molecule has 4 rings (SSSR count). The third-order valence-electron chi connectivity index (χ3n) is 5.80. The molecule has 5 nitrogen and oxygen atoms in total. The van der Waals surface area contributed by atoms with Crippen LogP contribution in [0.4, 0.5) is 0 Å². The molecule has 2 fully saturated rings. The van der Waals surface area contributed by atoms with E-state index >= 15 is 0 Å². The number of hydrogen-bond acceptors (Lipinski definition) is 6. The molecule has 0 bridgehead atoms. The lowest BCUT2D eigenvalue weighted by molar-refractivity contribution is -0.129. The van der Waals surface area contributed by atoms with E-state index in [0.717, 1.165) is 19.1 Å². The average Bonchev–Trinajstić information content (AvgIpc) is 3.43. The van der Waals surface area contributed by atoms with E-state index in [1.165, 1.54) is 28.5 Å². The Bertz CT molecular complexity index is 791. The molecule has 4 atom stereocenters. The van der Waals surface area contributed by atoms with Crippen molar-refractivity contribution in [1.29, 1.82) is 0 Å². The molecule has 2 aliphatic heterocycles. The van der Waals surface area contributed by atoms with E-state index in [1.807, 2.05) is 12.1 Å². The minimum absolute atomic E-state index is 0.00735. The molecule has 2 heterocycles. The Balaban J connectivity index is 1.36. The minimum atomic E-state index is -0.468. The Morgan fingerprint density at radius 3 is 2.89 bits per heavy atom. The first-order chi connectivity index (χ1) is 13.2. The minimum Gasteiger partial charge on any atom is -0.307 e. The molecule has 27 heavy (non-hydrogen) atoms. The molecule has 2 unspecified atom stereocenters. The summed E-state index contributed by atoms with van der Waals surface area (Å²) in [7, 11) is 0. The number of nitrogens with one attached hydrogen (secondary N) is 2. The zero-order chi connectivity index (χ0) is 18.8. The van der Waals surface area contributed by atoms with Crippen molar-refractivity contribution in [2.24, 2.45) is 5.92 Å². The first-order valence-electron chi connectivity index (χ1n) is 9.55. The van der Waals surface area contributed by atoms with E-state index in [1.54, 1.807) is 0 Å². The number of fused-ring (bicyclic) bond motifs is 1. The van der Waals surface area contributed by atoms with Crippen LogP contribution in [0.25, 0.3) is 6.08 Å². The van der Waals surface area contributed by atoms with Crippen LogP contribution in [0, 0.1) is 5.92 Å². The SMILES string of the molecule is O=C[C@H]1NCCC1C(=O)[C@H]1NCSC1C(=O)CCC1=Cc2ccccc2C1. The quantitative estimate of drug-likeness (QED) is 0.698. The normalized spacial score (nSPS) is 29.4. The Kier molecular flexibility index (Phi) is 5.57. The van der Waals surface area contributed by atoms with Gasteiger partial charge in [-0.3, -0.25) is 14.9 Å². The Labute approximate surface area is 163 Å². The van der Waals surface area contributed by atoms with Crippen molar-refractivity contribution in [3.8, 4) is 0 Å². The van der Waals surface area contributed by atoms with Crippen molar-refractivity contribution in [1.82, 2.24) is 10.6 Å². The van der Waals surface area contributed by atoms with Gasteiger partial charge in [-0.15, -0.1) is 11.8 Å². The summed E-state index contributed by atoms with van der Waals surface area (Å²) >= 11 is 1.51. The highest BCUT2D eigenvalue weighted by Gasteiger charge is 2.43. The number of thioether (sulfide) groups is 1. The molecule has 1 aliphatic carbocycles. The third-order valence-corrected chi connectivity index (χ3v) is 7.03. The van der Waals surface area contributed by atoms with E-state index in [2.05, 4.69) is 28.8 Å². The number of hydrogen-bond donors (Lipinski definition) is 2. The van der Waals surface area contributed by atoms with Gasteiger partial charge in [-0.1, -0.05) is 35.9 Å². The Morgan fingerprint density at radius 2 is 2.07 bits per heavy atom. The maximum absolute atomic E-state index is 12.9. The molecule has 142 valence electrons. The van der Waals surface area contributed by atoms with E-state index in [9.17, 15) is 14.4 Å². The van der Waals surface area contributed by atoms with Gasteiger partial charge >= 0.3 is 0 Å². The van der Waals surface area contributed by atoms with Gasteiger partial charge in [0.25, 0.3) is 0 Å². The lowest BCUT2D eigenvalue weighted by Crippen LogP contribution is -2.47. The van der Waals surface area contributed by atoms with Crippen LogP contribution in [-0.4, -0.2) is 47.6 Å². The van der Waals surface area contributed by atoms with Crippen LogP contribution in [0.2, 0.25) is 0 Å². The van der Waals surface area contributed by atoms with E-state index in [4.69, 9.17) is 0 Å². The number of carbonyl (C=O) groups excluding carboxylic acids is 3. The van der Waals surface area contributed by atoms with Crippen molar-refractivity contribution in [3.05, 3.63) is 41.0 Å². The average molecular weight is 385 g/mol. The van der Waals surface area contributed by atoms with Crippen LogP contribution in [0.1, 0.15) is 30.4 Å². The standard InChI is InChI=1S/C21H24N2O3S/c24-11-17-16(7-8-22-17)20(26)19-21(27-12-23-19)18(25)6-5-13-9-14-3-1-2-4-15(14)10-13/h1-4,9,11,16-17,19,21-23H,5-8,10,12H2/t16?,17-,19-,21?/m1/s1. The van der Waals surface area contributed by atoms with Crippen molar-refractivity contribution >= 4 is 35.7 Å². The number of carbonyl (C=O) groups is 3. The predicted molar refractivity (Wildman–Crippen MR) is 107 cm³/mol. The number of rotatable bonds is 7. The summed E-state index contributed by atoms with van der Waals surface area (Å²) in [5.74, 6) is 0.426. The summed E-state index contributed by atoms with van der Waals surface area (Å²) in [6, 6.07) is 7.43. The van der Waals surface area contributed by atoms with Gasteiger partial charge in [0.05, 0.1) is 17.3 Å². The molecule has 0 radical (unpaired) electrons. The summed E-state index contributed by atoms with van der Waals surface area (Å²) in [6.45, 7) is 0.674. The molecular weight excluding hydrogens is 360 g/mol. The van der Waals surface area contributed by atoms with E-state index < -0.39 is 12.1 Å². The monoisotopic (exact) mass is 384 g/mol. The van der Waals surface area contributed by atoms with E-state index in [-0.39, 0.29) is 22.7 Å². The highest BCUT2D eigenvalue weighted by atomic mass is 32.2. The van der Waals surface area contributed by atoms with Crippen molar-refractivity contribution in [3.63, 3.8) is 0 Å². The summed E-state index contributed by atoms with van der Waals surface area (Å²) in [5.41, 5.74) is 3.85. The molecule has 0 amide bonds. The van der Waals surface area contributed by atoms with Gasteiger partial charge in [-0.2, -0.15) is 0 Å². The van der Waals surface area contributed by atoms with Gasteiger partial charge in [0, 0.05) is 18.2 Å². The summed E-state index contributed by atoms with van der Waals surface area (Å²) in [4.78, 5) is 36.9. The topological polar surface area (TPSA) is 75.3 Å². The Hall–Kier alpha value is -1.76. The Morgan fingerprint density at radius 1 is 1.22 bits per heavy atom. The largest absolute Gasteiger partial charge is 0.307 e. The van der Waals surface area contributed by atoms with Gasteiger partial charge in [0.15, 0.2) is 5.78 Å². The second-order valence-corrected chi connectivity index (χ2v) is 8.60. The second-order valence-electron chi connectivity index (χ2n) is 7.47. The highest BCUT2D eigenvalue weighted by molar-refractivity contribution is 8.00. The third kappa shape index (κ3) is 3.79. The van der Waals surface area contributed by atoms with Gasteiger partial charge < -0.3 is 10.1 Å². The fourth-order valence-electron chi connectivity index (χ4n) is 4.32. The van der Waals surface area contributed by atoms with Gasteiger partial charge in [-0.25, -0.2) is 0 Å². The smallest absolute Gasteiger partial charge is 0.156 e. The zero-order valence-corrected chi connectivity index (χ0v) is 16.0. The number of benzene rings is 1. The van der Waals surface area contributed by atoms with Gasteiger partial charge in [0.2, 0.25) is 0 Å². The first kappa shape index (κ1) is 18.6. The molecular formula is C21H24N2O3S. The van der Waals surface area contributed by atoms with Gasteiger partial charge in [-0.05, 0) is 36.9 Å². The molecule has 0 saturated carbocycles. The van der Waals surface area contributed by atoms with Crippen molar-refractivity contribution < 1.29 is 14.4 Å². The molecule has 2 N–H and O–H groups in total. The fraction of sp³-hybridized carbons (Fsp3) is 0.476. The van der Waals surface area contributed by atoms with Crippen LogP contribution in [0.3, 0.4) is 0 Å². The maximum Gasteiger partial charge on any atom is 0.156 e. The number of aldehydes is 1.